The van der Waals surface area contributed by atoms with Gasteiger partial charge in [-0.1, -0.05) is 17.7 Å². The standard InChI is InChI=1S/C21H19ClFNO5S/c1-27-19-12(4-8-18(25)26)3-7-17(20(19)28-2)29-11-13-10-24-30-21(13)15-6-5-14(22)9-16(15)23/h3,5-7,9-10H,4,8,11H2,1-2H3,(H,25,26). The normalized spacial score (nSPS) is 10.7. The predicted octanol–water partition coefficient (Wildman–Crippen LogP) is 5.22. The minimum atomic E-state index is -0.900. The lowest BCUT2D eigenvalue weighted by molar-refractivity contribution is -0.136. The van der Waals surface area contributed by atoms with Crippen LogP contribution in [0.15, 0.2) is 36.5 Å². The van der Waals surface area contributed by atoms with Crippen LogP contribution < -0.4 is 14.2 Å². The van der Waals surface area contributed by atoms with Gasteiger partial charge in [0.25, 0.3) is 0 Å². The molecule has 0 saturated heterocycles. The molecule has 30 heavy (non-hydrogen) atoms. The molecule has 0 fully saturated rings. The summed E-state index contributed by atoms with van der Waals surface area (Å²) in [5.74, 6) is -0.132. The molecular formula is C21H19ClFNO5S. The molecule has 0 spiro atoms. The Morgan fingerprint density at radius 1 is 1.17 bits per heavy atom. The summed E-state index contributed by atoms with van der Waals surface area (Å²) in [5.41, 5.74) is 1.80. The fraction of sp³-hybridized carbons (Fsp3) is 0.238. The summed E-state index contributed by atoms with van der Waals surface area (Å²) in [5, 5.41) is 9.25. The second-order valence-electron chi connectivity index (χ2n) is 6.28. The Hall–Kier alpha value is -2.84. The van der Waals surface area contributed by atoms with Crippen molar-refractivity contribution in [2.24, 2.45) is 0 Å². The van der Waals surface area contributed by atoms with E-state index in [1.54, 1.807) is 30.5 Å². The molecule has 1 heterocycles. The molecule has 1 aromatic heterocycles. The molecule has 3 rings (SSSR count). The number of nitrogens with zero attached hydrogens (tertiary/aromatic N) is 1. The minimum absolute atomic E-state index is 0.0314. The third-order valence-corrected chi connectivity index (χ3v) is 5.49. The van der Waals surface area contributed by atoms with Gasteiger partial charge in [-0.05, 0) is 47.8 Å². The fourth-order valence-electron chi connectivity index (χ4n) is 2.97. The van der Waals surface area contributed by atoms with Crippen molar-refractivity contribution in [1.82, 2.24) is 4.37 Å². The Morgan fingerprint density at radius 2 is 1.93 bits per heavy atom. The average molecular weight is 452 g/mol. The highest BCUT2D eigenvalue weighted by Crippen LogP contribution is 2.41. The Labute approximate surface area is 182 Å². The number of benzene rings is 2. The molecule has 1 N–H and O–H groups in total. The molecule has 0 aliphatic rings. The second-order valence-corrected chi connectivity index (χ2v) is 7.51. The van der Waals surface area contributed by atoms with Gasteiger partial charge in [0.15, 0.2) is 11.5 Å². The van der Waals surface area contributed by atoms with Crippen LogP contribution in [-0.2, 0) is 17.8 Å². The van der Waals surface area contributed by atoms with Crippen LogP contribution in [0.3, 0.4) is 0 Å². The summed E-state index contributed by atoms with van der Waals surface area (Å²) in [6.07, 6.45) is 1.89. The molecule has 0 atom stereocenters. The first-order valence-electron chi connectivity index (χ1n) is 8.92. The highest BCUT2D eigenvalue weighted by atomic mass is 35.5. The van der Waals surface area contributed by atoms with Crippen LogP contribution in [-0.4, -0.2) is 29.7 Å². The maximum absolute atomic E-state index is 14.3. The van der Waals surface area contributed by atoms with E-state index >= 15 is 0 Å². The molecule has 0 unspecified atom stereocenters. The van der Waals surface area contributed by atoms with Crippen molar-refractivity contribution in [2.75, 3.05) is 14.2 Å². The van der Waals surface area contributed by atoms with Crippen molar-refractivity contribution in [1.29, 1.82) is 0 Å². The number of carboxylic acids is 1. The van der Waals surface area contributed by atoms with E-state index in [1.165, 1.54) is 20.3 Å². The monoisotopic (exact) mass is 451 g/mol. The topological polar surface area (TPSA) is 77.9 Å². The zero-order valence-corrected chi connectivity index (χ0v) is 17.8. The number of hydrogen-bond donors (Lipinski definition) is 1. The number of hydrogen-bond acceptors (Lipinski definition) is 6. The van der Waals surface area contributed by atoms with Gasteiger partial charge < -0.3 is 19.3 Å². The van der Waals surface area contributed by atoms with Crippen LogP contribution in [0.4, 0.5) is 4.39 Å². The van der Waals surface area contributed by atoms with Crippen LogP contribution in [0.5, 0.6) is 17.2 Å². The third kappa shape index (κ3) is 4.83. The summed E-state index contributed by atoms with van der Waals surface area (Å²) in [7, 11) is 2.96. The zero-order chi connectivity index (χ0) is 21.7. The highest BCUT2D eigenvalue weighted by Gasteiger charge is 2.19. The molecule has 0 amide bonds. The maximum atomic E-state index is 14.3. The molecule has 6 nitrogen and oxygen atoms in total. The molecule has 0 radical (unpaired) electrons. The number of halogens is 2. The summed E-state index contributed by atoms with van der Waals surface area (Å²) in [6.45, 7) is 0.127. The molecule has 0 saturated carbocycles. The van der Waals surface area contributed by atoms with E-state index in [0.29, 0.717) is 50.3 Å². The van der Waals surface area contributed by atoms with Gasteiger partial charge in [-0.2, -0.15) is 0 Å². The number of aromatic nitrogens is 1. The van der Waals surface area contributed by atoms with E-state index < -0.39 is 11.8 Å². The van der Waals surface area contributed by atoms with Crippen LogP contribution in [0.25, 0.3) is 10.4 Å². The molecule has 0 bridgehead atoms. The third-order valence-electron chi connectivity index (χ3n) is 4.38. The Kier molecular flexibility index (Phi) is 7.12. The number of ether oxygens (including phenoxy) is 3. The summed E-state index contributed by atoms with van der Waals surface area (Å²) < 4.78 is 35.3. The van der Waals surface area contributed by atoms with E-state index in [2.05, 4.69) is 4.37 Å². The predicted molar refractivity (Wildman–Crippen MR) is 112 cm³/mol. The van der Waals surface area contributed by atoms with Gasteiger partial charge in [0.2, 0.25) is 5.75 Å². The largest absolute Gasteiger partial charge is 0.492 e. The maximum Gasteiger partial charge on any atom is 0.303 e. The minimum Gasteiger partial charge on any atom is -0.492 e. The lowest BCUT2D eigenvalue weighted by atomic mass is 10.1. The summed E-state index contributed by atoms with van der Waals surface area (Å²) in [4.78, 5) is 11.5. The van der Waals surface area contributed by atoms with Crippen LogP contribution in [0, 0.1) is 5.82 Å². The number of rotatable bonds is 9. The molecule has 0 aliphatic carbocycles. The fourth-order valence-corrected chi connectivity index (χ4v) is 3.91. The smallest absolute Gasteiger partial charge is 0.303 e. The number of carbonyl (C=O) groups is 1. The second kappa shape index (κ2) is 9.77. The van der Waals surface area contributed by atoms with E-state index in [9.17, 15) is 9.18 Å². The van der Waals surface area contributed by atoms with Gasteiger partial charge in [-0.25, -0.2) is 8.76 Å². The Balaban J connectivity index is 1.84. The number of methoxy groups -OCH3 is 2. The van der Waals surface area contributed by atoms with Crippen LogP contribution in [0.1, 0.15) is 17.5 Å². The molecule has 2 aromatic carbocycles. The van der Waals surface area contributed by atoms with Crippen LogP contribution in [0.2, 0.25) is 5.02 Å². The van der Waals surface area contributed by atoms with Gasteiger partial charge in [-0.3, -0.25) is 4.79 Å². The van der Waals surface area contributed by atoms with Gasteiger partial charge in [0.1, 0.15) is 12.4 Å². The zero-order valence-electron chi connectivity index (χ0n) is 16.3. The first-order chi connectivity index (χ1) is 14.4. The highest BCUT2D eigenvalue weighted by molar-refractivity contribution is 7.09. The molecule has 158 valence electrons. The summed E-state index contributed by atoms with van der Waals surface area (Å²) >= 11 is 7.00. The van der Waals surface area contributed by atoms with Crippen molar-refractivity contribution in [3.05, 3.63) is 58.5 Å². The van der Waals surface area contributed by atoms with Gasteiger partial charge in [-0.15, -0.1) is 0 Å². The van der Waals surface area contributed by atoms with E-state index in [-0.39, 0.29) is 13.0 Å². The average Bonchev–Trinajstić information content (AvgIpc) is 3.18. The SMILES string of the molecule is COc1c(CCC(=O)O)ccc(OCc2cnsc2-c2ccc(Cl)cc2F)c1OC. The van der Waals surface area contributed by atoms with E-state index in [0.717, 1.165) is 11.5 Å². The first-order valence-corrected chi connectivity index (χ1v) is 10.1. The molecule has 9 heteroatoms. The quantitative estimate of drug-likeness (QED) is 0.480. The lowest BCUT2D eigenvalue weighted by Crippen LogP contribution is -2.03. The Morgan fingerprint density at radius 3 is 2.60 bits per heavy atom. The van der Waals surface area contributed by atoms with E-state index in [4.69, 9.17) is 30.9 Å². The number of carboxylic acid groups (broad SMARTS) is 1. The Bertz CT molecular complexity index is 1060. The molecule has 3 aromatic rings. The van der Waals surface area contributed by atoms with Gasteiger partial charge in [0.05, 0.1) is 19.1 Å². The first kappa shape index (κ1) is 21.9. The van der Waals surface area contributed by atoms with Crippen LogP contribution >= 0.6 is 23.1 Å². The van der Waals surface area contributed by atoms with E-state index in [1.807, 2.05) is 0 Å². The number of aliphatic carboxylic acids is 1. The van der Waals surface area contributed by atoms with Gasteiger partial charge in [0, 0.05) is 28.8 Å². The van der Waals surface area contributed by atoms with Crippen molar-refractivity contribution < 1.29 is 28.5 Å². The van der Waals surface area contributed by atoms with Crippen molar-refractivity contribution in [2.45, 2.75) is 19.4 Å². The van der Waals surface area contributed by atoms with Crippen molar-refractivity contribution in [3.63, 3.8) is 0 Å². The summed E-state index contributed by atoms with van der Waals surface area (Å²) in [6, 6.07) is 7.92. The molecular weight excluding hydrogens is 433 g/mol. The molecule has 0 aliphatic heterocycles. The van der Waals surface area contributed by atoms with Crippen molar-refractivity contribution >= 4 is 29.1 Å². The van der Waals surface area contributed by atoms with Gasteiger partial charge >= 0.3 is 5.97 Å². The van der Waals surface area contributed by atoms with Crippen molar-refractivity contribution in [3.8, 4) is 27.7 Å². The number of aryl methyl sites for hydroxylation is 1. The lowest BCUT2D eigenvalue weighted by Gasteiger charge is -2.17.